The van der Waals surface area contributed by atoms with Crippen molar-refractivity contribution in [2.45, 2.75) is 26.8 Å². The van der Waals surface area contributed by atoms with Gasteiger partial charge in [-0.2, -0.15) is 0 Å². The summed E-state index contributed by atoms with van der Waals surface area (Å²) in [5.74, 6) is 1.33. The quantitative estimate of drug-likeness (QED) is 0.796. The van der Waals surface area contributed by atoms with Gasteiger partial charge in [-0.3, -0.25) is 4.79 Å². The Bertz CT molecular complexity index is 731. The molecule has 2 aromatic rings. The molecular weight excluding hydrogens is 370 g/mol. The van der Waals surface area contributed by atoms with Gasteiger partial charge in [0.25, 0.3) is 5.91 Å². The number of nitrogens with one attached hydrogen (secondary N) is 1. The third-order valence-electron chi connectivity index (χ3n) is 3.74. The van der Waals surface area contributed by atoms with E-state index in [1.54, 1.807) is 7.11 Å². The second kappa shape index (κ2) is 8.20. The zero-order chi connectivity index (χ0) is 17.7. The van der Waals surface area contributed by atoms with Gasteiger partial charge in [0, 0.05) is 0 Å². The Labute approximate surface area is 151 Å². The third-order valence-corrected chi connectivity index (χ3v) is 4.36. The molecule has 0 saturated heterocycles. The average molecular weight is 392 g/mol. The van der Waals surface area contributed by atoms with Crippen LogP contribution in [0, 0.1) is 13.8 Å². The fourth-order valence-corrected chi connectivity index (χ4v) is 2.98. The smallest absolute Gasteiger partial charge is 0.258 e. The summed E-state index contributed by atoms with van der Waals surface area (Å²) in [5, 5.41) is 2.94. The van der Waals surface area contributed by atoms with Crippen LogP contribution in [0.2, 0.25) is 0 Å². The first-order valence-corrected chi connectivity index (χ1v) is 8.53. The minimum absolute atomic E-state index is 0.00837. The molecule has 4 nitrogen and oxygen atoms in total. The van der Waals surface area contributed by atoms with E-state index in [9.17, 15) is 4.79 Å². The van der Waals surface area contributed by atoms with Gasteiger partial charge in [0.15, 0.2) is 6.61 Å². The van der Waals surface area contributed by atoms with Crippen molar-refractivity contribution < 1.29 is 14.3 Å². The molecule has 0 spiro atoms. The van der Waals surface area contributed by atoms with Crippen molar-refractivity contribution in [3.8, 4) is 11.5 Å². The van der Waals surface area contributed by atoms with Gasteiger partial charge in [0.05, 0.1) is 17.6 Å². The lowest BCUT2D eigenvalue weighted by molar-refractivity contribution is -0.123. The average Bonchev–Trinajstić information content (AvgIpc) is 2.53. The van der Waals surface area contributed by atoms with Gasteiger partial charge in [-0.1, -0.05) is 23.8 Å². The van der Waals surface area contributed by atoms with E-state index in [1.165, 1.54) is 5.56 Å². The molecule has 0 aliphatic rings. The minimum Gasteiger partial charge on any atom is -0.496 e. The van der Waals surface area contributed by atoms with Gasteiger partial charge in [-0.05, 0) is 66.0 Å². The number of halogens is 1. The number of ether oxygens (including phenoxy) is 2. The Morgan fingerprint density at radius 1 is 1.17 bits per heavy atom. The second-order valence-electron chi connectivity index (χ2n) is 5.74. The molecule has 2 rings (SSSR count). The van der Waals surface area contributed by atoms with Crippen molar-refractivity contribution >= 4 is 21.8 Å². The predicted molar refractivity (Wildman–Crippen MR) is 98.7 cm³/mol. The molecule has 0 aromatic heterocycles. The first-order chi connectivity index (χ1) is 11.4. The van der Waals surface area contributed by atoms with Crippen molar-refractivity contribution in [1.82, 2.24) is 5.32 Å². The molecule has 0 fully saturated rings. The molecule has 1 atom stereocenters. The molecule has 1 N–H and O–H groups in total. The van der Waals surface area contributed by atoms with Crippen LogP contribution in [0.1, 0.15) is 29.7 Å². The number of carbonyl (C=O) groups excluding carboxylic acids is 1. The maximum Gasteiger partial charge on any atom is 0.258 e. The molecule has 0 bridgehead atoms. The normalized spacial score (nSPS) is 11.7. The largest absolute Gasteiger partial charge is 0.496 e. The molecule has 0 heterocycles. The fourth-order valence-electron chi connectivity index (χ4n) is 2.42. The minimum atomic E-state index is -0.158. The summed E-state index contributed by atoms with van der Waals surface area (Å²) in [7, 11) is 1.62. The Hall–Kier alpha value is -2.01. The van der Waals surface area contributed by atoms with Crippen LogP contribution in [-0.4, -0.2) is 19.6 Å². The molecule has 0 aliphatic carbocycles. The molecule has 2 aromatic carbocycles. The Kier molecular flexibility index (Phi) is 6.26. The summed E-state index contributed by atoms with van der Waals surface area (Å²) in [6, 6.07) is 11.5. The van der Waals surface area contributed by atoms with Crippen LogP contribution in [0.5, 0.6) is 11.5 Å². The molecule has 5 heteroatoms. The number of carbonyl (C=O) groups is 1. The van der Waals surface area contributed by atoms with Crippen LogP contribution in [-0.2, 0) is 4.79 Å². The summed E-state index contributed by atoms with van der Waals surface area (Å²) in [6.45, 7) is 5.92. The molecule has 0 saturated carbocycles. The summed E-state index contributed by atoms with van der Waals surface area (Å²) >= 11 is 3.45. The number of amides is 1. The van der Waals surface area contributed by atoms with Gasteiger partial charge in [0.2, 0.25) is 0 Å². The molecule has 0 radical (unpaired) electrons. The highest BCUT2D eigenvalue weighted by atomic mass is 79.9. The third kappa shape index (κ3) is 4.74. The van der Waals surface area contributed by atoms with Crippen LogP contribution < -0.4 is 14.8 Å². The van der Waals surface area contributed by atoms with Crippen LogP contribution in [0.4, 0.5) is 0 Å². The van der Waals surface area contributed by atoms with Gasteiger partial charge in [-0.15, -0.1) is 0 Å². The molecule has 1 amide bonds. The number of benzene rings is 2. The van der Waals surface area contributed by atoms with Crippen LogP contribution in [0.3, 0.4) is 0 Å². The van der Waals surface area contributed by atoms with Crippen molar-refractivity contribution in [2.75, 3.05) is 13.7 Å². The van der Waals surface area contributed by atoms with E-state index in [4.69, 9.17) is 9.47 Å². The Morgan fingerprint density at radius 2 is 1.88 bits per heavy atom. The zero-order valence-electron chi connectivity index (χ0n) is 14.4. The molecule has 24 heavy (non-hydrogen) atoms. The van der Waals surface area contributed by atoms with Gasteiger partial charge in [0.1, 0.15) is 11.5 Å². The van der Waals surface area contributed by atoms with Gasteiger partial charge < -0.3 is 14.8 Å². The maximum atomic E-state index is 12.1. The van der Waals surface area contributed by atoms with Crippen molar-refractivity contribution in [3.05, 3.63) is 57.6 Å². The summed E-state index contributed by atoms with van der Waals surface area (Å²) < 4.78 is 11.7. The summed E-state index contributed by atoms with van der Waals surface area (Å²) in [5.41, 5.74) is 3.18. The fraction of sp³-hybridized carbons (Fsp3) is 0.316. The van der Waals surface area contributed by atoms with E-state index in [-0.39, 0.29) is 18.6 Å². The van der Waals surface area contributed by atoms with E-state index in [1.807, 2.05) is 57.2 Å². The van der Waals surface area contributed by atoms with E-state index in [0.29, 0.717) is 0 Å². The highest BCUT2D eigenvalue weighted by Gasteiger charge is 2.12. The standard InChI is InChI=1S/C19H22BrNO3/c1-12-5-7-17(13(2)9-12)24-11-19(22)21-14(3)15-6-8-18(23-4)16(20)10-15/h5-10,14H,11H2,1-4H3,(H,21,22). The lowest BCUT2D eigenvalue weighted by atomic mass is 10.1. The number of hydrogen-bond acceptors (Lipinski definition) is 3. The van der Waals surface area contributed by atoms with Gasteiger partial charge >= 0.3 is 0 Å². The topological polar surface area (TPSA) is 47.6 Å². The zero-order valence-corrected chi connectivity index (χ0v) is 15.9. The first-order valence-electron chi connectivity index (χ1n) is 7.73. The molecule has 128 valence electrons. The second-order valence-corrected chi connectivity index (χ2v) is 6.60. The SMILES string of the molecule is COc1ccc(C(C)NC(=O)COc2ccc(C)cc2C)cc1Br. The molecule has 0 aliphatic heterocycles. The highest BCUT2D eigenvalue weighted by Crippen LogP contribution is 2.28. The lowest BCUT2D eigenvalue weighted by Gasteiger charge is -2.16. The number of rotatable bonds is 6. The van der Waals surface area contributed by atoms with Crippen molar-refractivity contribution in [2.24, 2.45) is 0 Å². The Morgan fingerprint density at radius 3 is 2.50 bits per heavy atom. The van der Waals surface area contributed by atoms with Crippen LogP contribution >= 0.6 is 15.9 Å². The molecule has 1 unspecified atom stereocenters. The number of hydrogen-bond donors (Lipinski definition) is 1. The summed E-state index contributed by atoms with van der Waals surface area (Å²) in [4.78, 5) is 12.1. The molecular formula is C19H22BrNO3. The Balaban J connectivity index is 1.93. The number of aryl methyl sites for hydroxylation is 2. The van der Waals surface area contributed by atoms with Crippen molar-refractivity contribution in [1.29, 1.82) is 0 Å². The van der Waals surface area contributed by atoms with Crippen molar-refractivity contribution in [3.63, 3.8) is 0 Å². The monoisotopic (exact) mass is 391 g/mol. The highest BCUT2D eigenvalue weighted by molar-refractivity contribution is 9.10. The first kappa shape index (κ1) is 18.3. The lowest BCUT2D eigenvalue weighted by Crippen LogP contribution is -2.31. The van der Waals surface area contributed by atoms with Crippen LogP contribution in [0.15, 0.2) is 40.9 Å². The maximum absolute atomic E-state index is 12.1. The number of methoxy groups -OCH3 is 1. The summed E-state index contributed by atoms with van der Waals surface area (Å²) in [6.07, 6.45) is 0. The van der Waals surface area contributed by atoms with E-state index >= 15 is 0 Å². The van der Waals surface area contributed by atoms with Crippen LogP contribution in [0.25, 0.3) is 0 Å². The predicted octanol–water partition coefficient (Wildman–Crippen LogP) is 4.33. The van der Waals surface area contributed by atoms with E-state index in [0.717, 1.165) is 27.1 Å². The van der Waals surface area contributed by atoms with Gasteiger partial charge in [-0.25, -0.2) is 0 Å². The van der Waals surface area contributed by atoms with E-state index < -0.39 is 0 Å². The van der Waals surface area contributed by atoms with E-state index in [2.05, 4.69) is 21.2 Å².